The summed E-state index contributed by atoms with van der Waals surface area (Å²) in [6.45, 7) is 6.00. The summed E-state index contributed by atoms with van der Waals surface area (Å²) < 4.78 is 13.1. The molecule has 108 valence electrons. The minimum absolute atomic E-state index is 0. The van der Waals surface area contributed by atoms with Crippen LogP contribution in [0.2, 0.25) is 0 Å². The molecule has 0 heterocycles. The average Bonchev–Trinajstić information content (AvgIpc) is 3.06. The summed E-state index contributed by atoms with van der Waals surface area (Å²) >= 11 is 0. The zero-order valence-electron chi connectivity index (χ0n) is 11.7. The third kappa shape index (κ3) is 5.89. The van der Waals surface area contributed by atoms with Crippen molar-refractivity contribution in [3.63, 3.8) is 0 Å². The van der Waals surface area contributed by atoms with E-state index in [-0.39, 0.29) is 23.8 Å². The van der Waals surface area contributed by atoms with Gasteiger partial charge in [0.2, 0.25) is 0 Å². The van der Waals surface area contributed by atoms with Crippen LogP contribution in [0.1, 0.15) is 32.3 Å². The van der Waals surface area contributed by atoms with E-state index in [1.54, 1.807) is 12.1 Å². The van der Waals surface area contributed by atoms with Crippen molar-refractivity contribution in [3.8, 4) is 0 Å². The van der Waals surface area contributed by atoms with Crippen molar-refractivity contribution < 1.29 is 4.39 Å². The Morgan fingerprint density at radius 1 is 1.37 bits per heavy atom. The molecule has 0 aliphatic heterocycles. The Morgan fingerprint density at radius 2 is 2.05 bits per heavy atom. The van der Waals surface area contributed by atoms with Crippen LogP contribution in [0.4, 0.5) is 4.39 Å². The van der Waals surface area contributed by atoms with Crippen LogP contribution in [0.15, 0.2) is 24.3 Å². The quantitative estimate of drug-likeness (QED) is 0.871. The van der Waals surface area contributed by atoms with Gasteiger partial charge in [-0.25, -0.2) is 4.39 Å². The summed E-state index contributed by atoms with van der Waals surface area (Å²) in [5.41, 5.74) is 7.00. The van der Waals surface area contributed by atoms with E-state index in [0.29, 0.717) is 6.04 Å². The van der Waals surface area contributed by atoms with E-state index in [2.05, 4.69) is 18.7 Å². The lowest BCUT2D eigenvalue weighted by Crippen LogP contribution is -2.46. The smallest absolute Gasteiger partial charge is 0.123 e. The van der Waals surface area contributed by atoms with E-state index in [1.807, 2.05) is 6.07 Å². The maximum atomic E-state index is 13.1. The van der Waals surface area contributed by atoms with E-state index in [9.17, 15) is 4.39 Å². The van der Waals surface area contributed by atoms with Crippen LogP contribution >= 0.6 is 12.4 Å². The first-order valence-corrected chi connectivity index (χ1v) is 6.71. The van der Waals surface area contributed by atoms with Gasteiger partial charge in [0.05, 0.1) is 0 Å². The molecule has 0 unspecified atom stereocenters. The Hall–Kier alpha value is -0.640. The van der Waals surface area contributed by atoms with Gasteiger partial charge < -0.3 is 5.73 Å². The van der Waals surface area contributed by atoms with Gasteiger partial charge in [0.1, 0.15) is 5.82 Å². The maximum Gasteiger partial charge on any atom is 0.123 e. The Bertz CT molecular complexity index is 399. The molecule has 0 atom stereocenters. The molecule has 2 nitrogen and oxygen atoms in total. The van der Waals surface area contributed by atoms with Gasteiger partial charge in [-0.2, -0.15) is 0 Å². The largest absolute Gasteiger partial charge is 0.324 e. The van der Waals surface area contributed by atoms with Crippen LogP contribution in [0, 0.1) is 5.82 Å². The zero-order chi connectivity index (χ0) is 13.2. The lowest BCUT2D eigenvalue weighted by Gasteiger charge is -2.30. The van der Waals surface area contributed by atoms with Crippen molar-refractivity contribution in [1.29, 1.82) is 0 Å². The fraction of sp³-hybridized carbons (Fsp3) is 0.600. The highest BCUT2D eigenvalue weighted by atomic mass is 35.5. The summed E-state index contributed by atoms with van der Waals surface area (Å²) in [6.07, 6.45) is 3.45. The van der Waals surface area contributed by atoms with Crippen molar-refractivity contribution in [2.45, 2.75) is 44.7 Å². The number of hydrogen-bond donors (Lipinski definition) is 1. The maximum absolute atomic E-state index is 13.1. The predicted molar refractivity (Wildman–Crippen MR) is 80.2 cm³/mol. The molecule has 1 fully saturated rings. The normalized spacial score (nSPS) is 15.4. The van der Waals surface area contributed by atoms with E-state index in [0.717, 1.165) is 25.1 Å². The van der Waals surface area contributed by atoms with Gasteiger partial charge >= 0.3 is 0 Å². The molecule has 0 saturated heterocycles. The van der Waals surface area contributed by atoms with Crippen molar-refractivity contribution in [3.05, 3.63) is 35.6 Å². The molecule has 0 aromatic heterocycles. The van der Waals surface area contributed by atoms with Crippen LogP contribution < -0.4 is 5.73 Å². The third-order valence-electron chi connectivity index (χ3n) is 3.25. The lowest BCUT2D eigenvalue weighted by molar-refractivity contribution is 0.218. The Balaban J connectivity index is 0.00000180. The molecule has 1 aromatic carbocycles. The summed E-state index contributed by atoms with van der Waals surface area (Å²) in [6, 6.07) is 7.58. The Labute approximate surface area is 121 Å². The topological polar surface area (TPSA) is 29.3 Å². The summed E-state index contributed by atoms with van der Waals surface area (Å²) in [4.78, 5) is 2.45. The first kappa shape index (κ1) is 16.4. The second-order valence-corrected chi connectivity index (χ2v) is 6.07. The summed E-state index contributed by atoms with van der Waals surface area (Å²) in [7, 11) is 0. The molecule has 0 radical (unpaired) electrons. The van der Waals surface area contributed by atoms with Gasteiger partial charge in [-0.3, -0.25) is 4.90 Å². The second kappa shape index (κ2) is 6.69. The van der Waals surface area contributed by atoms with E-state index in [4.69, 9.17) is 5.73 Å². The third-order valence-corrected chi connectivity index (χ3v) is 3.25. The molecule has 0 spiro atoms. The standard InChI is InChI=1S/C15H23FN2.ClH/c1-15(2,17)11-18(14-6-7-14)9-8-12-4-3-5-13(16)10-12;/h3-5,10,14H,6-9,11,17H2,1-2H3;1H. The molecule has 0 amide bonds. The first-order valence-electron chi connectivity index (χ1n) is 6.71. The fourth-order valence-electron chi connectivity index (χ4n) is 2.32. The van der Waals surface area contributed by atoms with Gasteiger partial charge in [-0.1, -0.05) is 12.1 Å². The van der Waals surface area contributed by atoms with Crippen LogP contribution in [-0.4, -0.2) is 29.6 Å². The molecular formula is C15H24ClFN2. The number of nitrogens with two attached hydrogens (primary N) is 1. The van der Waals surface area contributed by atoms with Gasteiger partial charge in [-0.15, -0.1) is 12.4 Å². The van der Waals surface area contributed by atoms with E-state index >= 15 is 0 Å². The van der Waals surface area contributed by atoms with Crippen LogP contribution in [0.3, 0.4) is 0 Å². The molecule has 2 rings (SSSR count). The Morgan fingerprint density at radius 3 is 2.58 bits per heavy atom. The monoisotopic (exact) mass is 286 g/mol. The van der Waals surface area contributed by atoms with E-state index in [1.165, 1.54) is 18.9 Å². The molecule has 19 heavy (non-hydrogen) atoms. The second-order valence-electron chi connectivity index (χ2n) is 6.07. The number of benzene rings is 1. The predicted octanol–water partition coefficient (Wildman–Crippen LogP) is 2.99. The Kier molecular flexibility index (Phi) is 5.78. The number of rotatable bonds is 6. The average molecular weight is 287 g/mol. The first-order chi connectivity index (χ1) is 8.44. The lowest BCUT2D eigenvalue weighted by atomic mass is 10.1. The molecule has 4 heteroatoms. The van der Waals surface area contributed by atoms with E-state index < -0.39 is 0 Å². The highest BCUT2D eigenvalue weighted by Gasteiger charge is 2.31. The summed E-state index contributed by atoms with van der Waals surface area (Å²) in [5.74, 6) is -0.148. The molecule has 1 saturated carbocycles. The highest BCUT2D eigenvalue weighted by molar-refractivity contribution is 5.85. The van der Waals surface area contributed by atoms with Crippen molar-refractivity contribution in [2.75, 3.05) is 13.1 Å². The van der Waals surface area contributed by atoms with Crippen molar-refractivity contribution in [1.82, 2.24) is 4.90 Å². The van der Waals surface area contributed by atoms with Gasteiger partial charge in [-0.05, 0) is 50.8 Å². The van der Waals surface area contributed by atoms with Gasteiger partial charge in [0.25, 0.3) is 0 Å². The molecule has 1 aromatic rings. The van der Waals surface area contributed by atoms with Crippen molar-refractivity contribution >= 4 is 12.4 Å². The minimum Gasteiger partial charge on any atom is -0.324 e. The molecular weight excluding hydrogens is 263 g/mol. The zero-order valence-corrected chi connectivity index (χ0v) is 12.5. The number of halogens is 2. The summed E-state index contributed by atoms with van der Waals surface area (Å²) in [5, 5.41) is 0. The van der Waals surface area contributed by atoms with Crippen LogP contribution in [0.25, 0.3) is 0 Å². The van der Waals surface area contributed by atoms with Crippen LogP contribution in [0.5, 0.6) is 0 Å². The highest BCUT2D eigenvalue weighted by Crippen LogP contribution is 2.28. The van der Waals surface area contributed by atoms with Gasteiger partial charge in [0.15, 0.2) is 0 Å². The number of hydrogen-bond acceptors (Lipinski definition) is 2. The molecule has 1 aliphatic carbocycles. The molecule has 2 N–H and O–H groups in total. The van der Waals surface area contributed by atoms with Crippen LogP contribution in [-0.2, 0) is 6.42 Å². The van der Waals surface area contributed by atoms with Crippen molar-refractivity contribution in [2.24, 2.45) is 5.73 Å². The molecule has 0 bridgehead atoms. The molecule has 1 aliphatic rings. The fourth-order valence-corrected chi connectivity index (χ4v) is 2.32. The van der Waals surface area contributed by atoms with Gasteiger partial charge in [0, 0.05) is 24.7 Å². The SMILES string of the molecule is CC(C)(N)CN(CCc1cccc(F)c1)C1CC1.Cl. The number of nitrogens with zero attached hydrogens (tertiary/aromatic N) is 1. The minimum atomic E-state index is -0.162.